The molecule has 20 heavy (non-hydrogen) atoms. The molecular formula is C16H14ClNOS. The van der Waals surface area contributed by atoms with Crippen molar-refractivity contribution in [1.82, 2.24) is 0 Å². The Morgan fingerprint density at radius 2 is 2.00 bits per heavy atom. The molecule has 0 unspecified atom stereocenters. The predicted octanol–water partition coefficient (Wildman–Crippen LogP) is 4.22. The third kappa shape index (κ3) is 2.43. The second-order valence-electron chi connectivity index (χ2n) is 4.85. The quantitative estimate of drug-likeness (QED) is 0.782. The Kier molecular flexibility index (Phi) is 3.72. The summed E-state index contributed by atoms with van der Waals surface area (Å²) in [4.78, 5) is 15.3. The Balaban J connectivity index is 2.02. The number of fused-ring (bicyclic) bond motifs is 1. The van der Waals surface area contributed by atoms with Crippen LogP contribution in [-0.2, 0) is 6.42 Å². The van der Waals surface area contributed by atoms with Gasteiger partial charge in [-0.05, 0) is 42.7 Å². The van der Waals surface area contributed by atoms with E-state index in [2.05, 4.69) is 18.7 Å². The monoisotopic (exact) mass is 303 g/mol. The molecule has 2 aromatic carbocycles. The molecule has 1 heterocycles. The highest BCUT2D eigenvalue weighted by atomic mass is 35.5. The van der Waals surface area contributed by atoms with Gasteiger partial charge in [-0.25, -0.2) is 0 Å². The molecule has 4 heteroatoms. The number of amides is 1. The molecule has 1 amide bonds. The van der Waals surface area contributed by atoms with E-state index in [-0.39, 0.29) is 5.91 Å². The van der Waals surface area contributed by atoms with Crippen molar-refractivity contribution >= 4 is 35.8 Å². The lowest BCUT2D eigenvalue weighted by Gasteiger charge is -2.29. The summed E-state index contributed by atoms with van der Waals surface area (Å²) in [6, 6.07) is 13.3. The number of carbonyl (C=O) groups is 1. The zero-order valence-corrected chi connectivity index (χ0v) is 12.5. The molecule has 2 aromatic rings. The van der Waals surface area contributed by atoms with Crippen LogP contribution in [0.25, 0.3) is 0 Å². The highest BCUT2D eigenvalue weighted by Crippen LogP contribution is 2.30. The van der Waals surface area contributed by atoms with Gasteiger partial charge in [-0.3, -0.25) is 4.79 Å². The van der Waals surface area contributed by atoms with Crippen LogP contribution in [-0.4, -0.2) is 12.5 Å². The number of carbonyl (C=O) groups excluding carboxylic acids is 1. The van der Waals surface area contributed by atoms with Crippen molar-refractivity contribution in [3.05, 3.63) is 58.6 Å². The molecule has 0 aliphatic carbocycles. The van der Waals surface area contributed by atoms with E-state index < -0.39 is 0 Å². The van der Waals surface area contributed by atoms with Crippen LogP contribution in [0.15, 0.2) is 47.4 Å². The number of rotatable bonds is 1. The molecule has 0 saturated heterocycles. The number of anilines is 1. The van der Waals surface area contributed by atoms with E-state index in [1.165, 1.54) is 5.56 Å². The van der Waals surface area contributed by atoms with Gasteiger partial charge < -0.3 is 4.90 Å². The third-order valence-corrected chi connectivity index (χ3v) is 4.14. The molecule has 0 saturated carbocycles. The van der Waals surface area contributed by atoms with Gasteiger partial charge in [-0.15, -0.1) is 12.6 Å². The van der Waals surface area contributed by atoms with Crippen molar-refractivity contribution in [2.24, 2.45) is 0 Å². The molecular weight excluding hydrogens is 290 g/mol. The number of hydrogen-bond acceptors (Lipinski definition) is 2. The summed E-state index contributed by atoms with van der Waals surface area (Å²) < 4.78 is 0. The molecule has 0 atom stereocenters. The van der Waals surface area contributed by atoms with Crippen LogP contribution in [0, 0.1) is 0 Å². The molecule has 3 rings (SSSR count). The molecule has 1 aliphatic heterocycles. The second-order valence-corrected chi connectivity index (χ2v) is 5.78. The molecule has 1 aliphatic rings. The number of aryl methyl sites for hydroxylation is 1. The Morgan fingerprint density at radius 3 is 2.85 bits per heavy atom. The summed E-state index contributed by atoms with van der Waals surface area (Å²) in [6.07, 6.45) is 1.99. The number of nitrogens with zero attached hydrogens (tertiary/aromatic N) is 1. The van der Waals surface area contributed by atoms with Crippen LogP contribution in [0.4, 0.5) is 5.69 Å². The highest BCUT2D eigenvalue weighted by molar-refractivity contribution is 7.80. The zero-order chi connectivity index (χ0) is 14.1. The summed E-state index contributed by atoms with van der Waals surface area (Å²) >= 11 is 10.4. The van der Waals surface area contributed by atoms with Crippen LogP contribution < -0.4 is 4.90 Å². The van der Waals surface area contributed by atoms with Gasteiger partial charge in [0.2, 0.25) is 0 Å². The SMILES string of the molecule is O=C(c1cc(S)ccc1Cl)N1CCCc2ccccc21. The van der Waals surface area contributed by atoms with Gasteiger partial charge in [0.1, 0.15) is 0 Å². The maximum absolute atomic E-state index is 12.7. The lowest BCUT2D eigenvalue weighted by Crippen LogP contribution is -2.35. The van der Waals surface area contributed by atoms with E-state index in [1.807, 2.05) is 23.1 Å². The van der Waals surface area contributed by atoms with E-state index in [1.54, 1.807) is 18.2 Å². The summed E-state index contributed by atoms with van der Waals surface area (Å²) in [5, 5.41) is 0.468. The van der Waals surface area contributed by atoms with Gasteiger partial charge in [-0.2, -0.15) is 0 Å². The number of thiol groups is 1. The van der Waals surface area contributed by atoms with Crippen molar-refractivity contribution in [2.45, 2.75) is 17.7 Å². The van der Waals surface area contributed by atoms with Crippen molar-refractivity contribution in [3.8, 4) is 0 Å². The molecule has 0 bridgehead atoms. The van der Waals surface area contributed by atoms with Crippen molar-refractivity contribution in [3.63, 3.8) is 0 Å². The first kappa shape index (κ1) is 13.5. The lowest BCUT2D eigenvalue weighted by atomic mass is 10.0. The first-order chi connectivity index (χ1) is 9.66. The van der Waals surface area contributed by atoms with Gasteiger partial charge in [0.15, 0.2) is 0 Å². The van der Waals surface area contributed by atoms with Crippen LogP contribution >= 0.6 is 24.2 Å². The minimum atomic E-state index is -0.0574. The van der Waals surface area contributed by atoms with E-state index in [4.69, 9.17) is 11.6 Å². The molecule has 0 spiro atoms. The van der Waals surface area contributed by atoms with Crippen LogP contribution in [0.5, 0.6) is 0 Å². The Hall–Kier alpha value is -1.45. The molecule has 0 N–H and O–H groups in total. The van der Waals surface area contributed by atoms with Crippen molar-refractivity contribution in [1.29, 1.82) is 0 Å². The van der Waals surface area contributed by atoms with Crippen LogP contribution in [0.1, 0.15) is 22.3 Å². The number of halogens is 1. The fraction of sp³-hybridized carbons (Fsp3) is 0.188. The van der Waals surface area contributed by atoms with Crippen molar-refractivity contribution in [2.75, 3.05) is 11.4 Å². The Bertz CT molecular complexity index is 671. The number of benzene rings is 2. The number of para-hydroxylation sites is 1. The van der Waals surface area contributed by atoms with Gasteiger partial charge in [-0.1, -0.05) is 29.8 Å². The third-order valence-electron chi connectivity index (χ3n) is 3.54. The first-order valence-corrected chi connectivity index (χ1v) is 7.37. The smallest absolute Gasteiger partial charge is 0.259 e. The van der Waals surface area contributed by atoms with E-state index in [0.717, 1.165) is 30.0 Å². The lowest BCUT2D eigenvalue weighted by molar-refractivity contribution is 0.0985. The van der Waals surface area contributed by atoms with Gasteiger partial charge in [0.25, 0.3) is 5.91 Å². The molecule has 0 radical (unpaired) electrons. The summed E-state index contributed by atoms with van der Waals surface area (Å²) in [6.45, 7) is 0.725. The Labute approximate surface area is 128 Å². The normalized spacial score (nSPS) is 14.0. The largest absolute Gasteiger partial charge is 0.308 e. The van der Waals surface area contributed by atoms with Gasteiger partial charge >= 0.3 is 0 Å². The summed E-state index contributed by atoms with van der Waals surface area (Å²) in [5.74, 6) is -0.0574. The fourth-order valence-corrected chi connectivity index (χ4v) is 2.97. The minimum Gasteiger partial charge on any atom is -0.308 e. The molecule has 2 nitrogen and oxygen atoms in total. The Morgan fingerprint density at radius 1 is 1.20 bits per heavy atom. The average molecular weight is 304 g/mol. The van der Waals surface area contributed by atoms with Crippen molar-refractivity contribution < 1.29 is 4.79 Å². The average Bonchev–Trinajstić information content (AvgIpc) is 2.48. The molecule has 0 aromatic heterocycles. The van der Waals surface area contributed by atoms with Crippen LogP contribution in [0.3, 0.4) is 0 Å². The fourth-order valence-electron chi connectivity index (χ4n) is 2.57. The maximum Gasteiger partial charge on any atom is 0.259 e. The second kappa shape index (κ2) is 5.51. The standard InChI is InChI=1S/C16H14ClNOS/c17-14-8-7-12(20)10-13(14)16(19)18-9-3-5-11-4-1-2-6-15(11)18/h1-2,4,6-8,10,20H,3,5,9H2. The van der Waals surface area contributed by atoms with E-state index >= 15 is 0 Å². The molecule has 102 valence electrons. The predicted molar refractivity (Wildman–Crippen MR) is 85.1 cm³/mol. The van der Waals surface area contributed by atoms with E-state index in [9.17, 15) is 4.79 Å². The summed E-state index contributed by atoms with van der Waals surface area (Å²) in [7, 11) is 0. The van der Waals surface area contributed by atoms with Gasteiger partial charge in [0.05, 0.1) is 10.6 Å². The van der Waals surface area contributed by atoms with Crippen LogP contribution in [0.2, 0.25) is 5.02 Å². The zero-order valence-electron chi connectivity index (χ0n) is 10.8. The highest BCUT2D eigenvalue weighted by Gasteiger charge is 2.24. The number of hydrogen-bond donors (Lipinski definition) is 1. The van der Waals surface area contributed by atoms with Gasteiger partial charge in [0, 0.05) is 17.1 Å². The van der Waals surface area contributed by atoms with E-state index in [0.29, 0.717) is 10.6 Å². The topological polar surface area (TPSA) is 20.3 Å². The molecule has 0 fully saturated rings. The summed E-state index contributed by atoms with van der Waals surface area (Å²) in [5.41, 5.74) is 2.71. The first-order valence-electron chi connectivity index (χ1n) is 6.55. The minimum absolute atomic E-state index is 0.0574. The maximum atomic E-state index is 12.7.